The fourth-order valence-electron chi connectivity index (χ4n) is 1.30. The van der Waals surface area contributed by atoms with Gasteiger partial charge in [0.2, 0.25) is 0 Å². The number of rotatable bonds is 4. The maximum absolute atomic E-state index is 12.9. The standard InChI is InChI=1S/C12H13FO2/c1-9-8-10(6-7-11(9)13)4-2-3-5-12(14)15/h3,5-8H,2,4H2,1H3,(H,14,15)/b5-3+. The van der Waals surface area contributed by atoms with Crippen LogP contribution in [0.3, 0.4) is 0 Å². The molecule has 0 radical (unpaired) electrons. The number of aliphatic carboxylic acids is 1. The zero-order chi connectivity index (χ0) is 11.3. The number of hydrogen-bond acceptors (Lipinski definition) is 1. The molecule has 0 saturated heterocycles. The highest BCUT2D eigenvalue weighted by Crippen LogP contribution is 2.10. The zero-order valence-electron chi connectivity index (χ0n) is 8.53. The van der Waals surface area contributed by atoms with Crippen molar-refractivity contribution in [1.82, 2.24) is 0 Å². The van der Waals surface area contributed by atoms with E-state index < -0.39 is 5.97 Å². The van der Waals surface area contributed by atoms with E-state index in [1.165, 1.54) is 6.07 Å². The quantitative estimate of drug-likeness (QED) is 0.772. The first-order valence-electron chi connectivity index (χ1n) is 4.74. The summed E-state index contributed by atoms with van der Waals surface area (Å²) in [6.45, 7) is 1.71. The molecule has 1 aromatic rings. The lowest BCUT2D eigenvalue weighted by atomic mass is 10.1. The summed E-state index contributed by atoms with van der Waals surface area (Å²) in [7, 11) is 0. The number of benzene rings is 1. The van der Waals surface area contributed by atoms with Crippen molar-refractivity contribution in [3.05, 3.63) is 47.3 Å². The fourth-order valence-corrected chi connectivity index (χ4v) is 1.30. The van der Waals surface area contributed by atoms with Crippen LogP contribution in [0.1, 0.15) is 17.5 Å². The summed E-state index contributed by atoms with van der Waals surface area (Å²) in [5, 5.41) is 8.35. The topological polar surface area (TPSA) is 37.3 Å². The number of carboxylic acids is 1. The van der Waals surface area contributed by atoms with Crippen LogP contribution in [-0.2, 0) is 11.2 Å². The van der Waals surface area contributed by atoms with Gasteiger partial charge < -0.3 is 5.11 Å². The molecule has 0 spiro atoms. The van der Waals surface area contributed by atoms with E-state index in [0.717, 1.165) is 18.1 Å². The van der Waals surface area contributed by atoms with Gasteiger partial charge in [0.25, 0.3) is 0 Å². The van der Waals surface area contributed by atoms with Crippen LogP contribution in [0.4, 0.5) is 4.39 Å². The van der Waals surface area contributed by atoms with Crippen molar-refractivity contribution >= 4 is 5.97 Å². The molecule has 1 aromatic carbocycles. The number of halogens is 1. The molecule has 0 saturated carbocycles. The highest BCUT2D eigenvalue weighted by molar-refractivity contribution is 5.79. The lowest BCUT2D eigenvalue weighted by molar-refractivity contribution is -0.131. The van der Waals surface area contributed by atoms with Gasteiger partial charge in [-0.25, -0.2) is 9.18 Å². The van der Waals surface area contributed by atoms with Gasteiger partial charge in [-0.3, -0.25) is 0 Å². The molecule has 0 amide bonds. The Bertz CT molecular complexity index is 383. The molecule has 0 fully saturated rings. The zero-order valence-corrected chi connectivity index (χ0v) is 8.53. The van der Waals surface area contributed by atoms with Crippen molar-refractivity contribution in [3.63, 3.8) is 0 Å². The average molecular weight is 208 g/mol. The molecule has 3 heteroatoms. The van der Waals surface area contributed by atoms with Crippen molar-refractivity contribution in [2.75, 3.05) is 0 Å². The summed E-state index contributed by atoms with van der Waals surface area (Å²) in [6.07, 6.45) is 4.10. The van der Waals surface area contributed by atoms with Crippen LogP contribution in [0.25, 0.3) is 0 Å². The predicted octanol–water partition coefficient (Wildman–Crippen LogP) is 2.71. The number of aryl methyl sites for hydroxylation is 2. The normalized spacial score (nSPS) is 10.8. The maximum atomic E-state index is 12.9. The van der Waals surface area contributed by atoms with Gasteiger partial charge in [0, 0.05) is 6.08 Å². The second-order valence-electron chi connectivity index (χ2n) is 3.36. The second-order valence-corrected chi connectivity index (χ2v) is 3.36. The lowest BCUT2D eigenvalue weighted by Gasteiger charge is -2.01. The van der Waals surface area contributed by atoms with Crippen LogP contribution in [-0.4, -0.2) is 11.1 Å². The molecule has 0 atom stereocenters. The molecule has 80 valence electrons. The van der Waals surface area contributed by atoms with Gasteiger partial charge in [0.1, 0.15) is 5.82 Å². The van der Waals surface area contributed by atoms with Crippen LogP contribution in [0.15, 0.2) is 30.4 Å². The lowest BCUT2D eigenvalue weighted by Crippen LogP contribution is -1.89. The van der Waals surface area contributed by atoms with Gasteiger partial charge in [0.05, 0.1) is 0 Å². The largest absolute Gasteiger partial charge is 0.478 e. The Balaban J connectivity index is 2.51. The second kappa shape index (κ2) is 5.29. The SMILES string of the molecule is Cc1cc(CC/C=C/C(=O)O)ccc1F. The molecular weight excluding hydrogens is 195 g/mol. The van der Waals surface area contributed by atoms with Gasteiger partial charge >= 0.3 is 5.97 Å². The van der Waals surface area contributed by atoms with E-state index in [9.17, 15) is 9.18 Å². The van der Waals surface area contributed by atoms with E-state index in [1.54, 1.807) is 25.1 Å². The Hall–Kier alpha value is -1.64. The van der Waals surface area contributed by atoms with Crippen molar-refractivity contribution in [3.8, 4) is 0 Å². The average Bonchev–Trinajstić information content (AvgIpc) is 2.18. The van der Waals surface area contributed by atoms with Crippen LogP contribution in [0.2, 0.25) is 0 Å². The van der Waals surface area contributed by atoms with Gasteiger partial charge in [-0.05, 0) is 37.0 Å². The van der Waals surface area contributed by atoms with E-state index in [4.69, 9.17) is 5.11 Å². The Labute approximate surface area is 88.1 Å². The molecule has 0 aliphatic heterocycles. The third-order valence-electron chi connectivity index (χ3n) is 2.08. The molecule has 0 bridgehead atoms. The minimum atomic E-state index is -0.940. The van der Waals surface area contributed by atoms with Gasteiger partial charge in [-0.1, -0.05) is 18.2 Å². The molecule has 0 aliphatic rings. The number of carboxylic acid groups (broad SMARTS) is 1. The summed E-state index contributed by atoms with van der Waals surface area (Å²) < 4.78 is 12.9. The Morgan fingerprint density at radius 1 is 1.53 bits per heavy atom. The highest BCUT2D eigenvalue weighted by Gasteiger charge is 1.98. The van der Waals surface area contributed by atoms with Gasteiger partial charge in [0.15, 0.2) is 0 Å². The molecular formula is C12H13FO2. The van der Waals surface area contributed by atoms with E-state index in [2.05, 4.69) is 0 Å². The minimum absolute atomic E-state index is 0.208. The number of hydrogen-bond donors (Lipinski definition) is 1. The van der Waals surface area contributed by atoms with Crippen LogP contribution in [0.5, 0.6) is 0 Å². The summed E-state index contributed by atoms with van der Waals surface area (Å²) in [6, 6.07) is 4.94. The van der Waals surface area contributed by atoms with Crippen LogP contribution in [0, 0.1) is 12.7 Å². The molecule has 0 heterocycles. The first-order valence-corrected chi connectivity index (χ1v) is 4.74. The van der Waals surface area contributed by atoms with E-state index in [0.29, 0.717) is 12.0 Å². The number of carbonyl (C=O) groups is 1. The summed E-state index contributed by atoms with van der Waals surface area (Å²) in [4.78, 5) is 10.2. The molecule has 0 aromatic heterocycles. The van der Waals surface area contributed by atoms with E-state index in [-0.39, 0.29) is 5.82 Å². The third kappa shape index (κ3) is 3.94. The predicted molar refractivity (Wildman–Crippen MR) is 56.2 cm³/mol. The number of allylic oxidation sites excluding steroid dienone is 1. The van der Waals surface area contributed by atoms with Crippen LogP contribution >= 0.6 is 0 Å². The van der Waals surface area contributed by atoms with E-state index >= 15 is 0 Å². The molecule has 15 heavy (non-hydrogen) atoms. The van der Waals surface area contributed by atoms with Gasteiger partial charge in [-0.15, -0.1) is 0 Å². The first kappa shape index (κ1) is 11.4. The Morgan fingerprint density at radius 2 is 2.27 bits per heavy atom. The van der Waals surface area contributed by atoms with Gasteiger partial charge in [-0.2, -0.15) is 0 Å². The Kier molecular flexibility index (Phi) is 4.03. The Morgan fingerprint density at radius 3 is 2.87 bits per heavy atom. The minimum Gasteiger partial charge on any atom is -0.478 e. The molecule has 2 nitrogen and oxygen atoms in total. The maximum Gasteiger partial charge on any atom is 0.327 e. The third-order valence-corrected chi connectivity index (χ3v) is 2.08. The van der Waals surface area contributed by atoms with Crippen molar-refractivity contribution in [2.45, 2.75) is 19.8 Å². The first-order chi connectivity index (χ1) is 7.09. The fraction of sp³-hybridized carbons (Fsp3) is 0.250. The van der Waals surface area contributed by atoms with Crippen molar-refractivity contribution < 1.29 is 14.3 Å². The summed E-state index contributed by atoms with van der Waals surface area (Å²) in [5.74, 6) is -1.15. The molecule has 1 rings (SSSR count). The molecule has 0 unspecified atom stereocenters. The highest BCUT2D eigenvalue weighted by atomic mass is 19.1. The summed E-state index contributed by atoms with van der Waals surface area (Å²) in [5.41, 5.74) is 1.64. The van der Waals surface area contributed by atoms with E-state index in [1.807, 2.05) is 0 Å². The smallest absolute Gasteiger partial charge is 0.327 e. The molecule has 1 N–H and O–H groups in total. The van der Waals surface area contributed by atoms with Crippen molar-refractivity contribution in [1.29, 1.82) is 0 Å². The van der Waals surface area contributed by atoms with Crippen molar-refractivity contribution in [2.24, 2.45) is 0 Å². The van der Waals surface area contributed by atoms with Crippen LogP contribution < -0.4 is 0 Å². The monoisotopic (exact) mass is 208 g/mol. The molecule has 0 aliphatic carbocycles. The summed E-state index contributed by atoms with van der Waals surface area (Å²) >= 11 is 0.